The van der Waals surface area contributed by atoms with Gasteiger partial charge in [-0.1, -0.05) is 41.9 Å². The number of rotatable bonds is 5. The number of amides is 1. The average Bonchev–Trinajstić information content (AvgIpc) is 3.09. The topological polar surface area (TPSA) is 59.8 Å². The lowest BCUT2D eigenvalue weighted by Gasteiger charge is -2.11. The van der Waals surface area contributed by atoms with Gasteiger partial charge in [0.05, 0.1) is 11.4 Å². The summed E-state index contributed by atoms with van der Waals surface area (Å²) in [5, 5.41) is 7.70. The third kappa shape index (κ3) is 3.76. The maximum atomic E-state index is 12.2. The molecule has 1 aromatic heterocycles. The molecule has 2 aromatic carbocycles. The van der Waals surface area contributed by atoms with E-state index in [1.165, 1.54) is 6.33 Å². The highest BCUT2D eigenvalue weighted by Crippen LogP contribution is 2.20. The van der Waals surface area contributed by atoms with Crippen molar-refractivity contribution in [1.82, 2.24) is 14.8 Å². The van der Waals surface area contributed by atoms with Crippen molar-refractivity contribution in [2.24, 2.45) is 0 Å². The normalized spacial score (nSPS) is 10.5. The fraction of sp³-hybridized carbons (Fsp3) is 0.118. The summed E-state index contributed by atoms with van der Waals surface area (Å²) >= 11 is 6.11. The van der Waals surface area contributed by atoms with Crippen molar-refractivity contribution in [2.75, 3.05) is 5.32 Å². The van der Waals surface area contributed by atoms with Gasteiger partial charge in [0.1, 0.15) is 12.7 Å². The Morgan fingerprint density at radius 3 is 2.70 bits per heavy atom. The van der Waals surface area contributed by atoms with Gasteiger partial charge in [0.15, 0.2) is 0 Å². The van der Waals surface area contributed by atoms with Crippen LogP contribution >= 0.6 is 11.6 Å². The molecule has 3 rings (SSSR count). The molecule has 1 amide bonds. The second-order valence-corrected chi connectivity index (χ2v) is 5.40. The molecular weight excluding hydrogens is 312 g/mol. The number of carbonyl (C=O) groups excluding carboxylic acids is 1. The van der Waals surface area contributed by atoms with Gasteiger partial charge in [-0.15, -0.1) is 0 Å². The second kappa shape index (κ2) is 7.07. The maximum Gasteiger partial charge on any atom is 0.224 e. The van der Waals surface area contributed by atoms with Gasteiger partial charge in [0, 0.05) is 11.4 Å². The van der Waals surface area contributed by atoms with Crippen molar-refractivity contribution >= 4 is 23.2 Å². The lowest BCUT2D eigenvalue weighted by molar-refractivity contribution is -0.116. The number of aryl methyl sites for hydroxylation is 1. The van der Waals surface area contributed by atoms with E-state index in [0.717, 1.165) is 11.3 Å². The van der Waals surface area contributed by atoms with Gasteiger partial charge < -0.3 is 5.32 Å². The molecule has 0 unspecified atom stereocenters. The molecule has 0 aliphatic heterocycles. The van der Waals surface area contributed by atoms with Crippen molar-refractivity contribution in [1.29, 1.82) is 0 Å². The number of halogens is 1. The van der Waals surface area contributed by atoms with Crippen LogP contribution in [0.15, 0.2) is 61.2 Å². The largest absolute Gasteiger partial charge is 0.324 e. The van der Waals surface area contributed by atoms with Crippen LogP contribution in [0.4, 0.5) is 5.69 Å². The first-order valence-corrected chi connectivity index (χ1v) is 7.59. The molecule has 0 saturated heterocycles. The Morgan fingerprint density at radius 1 is 1.13 bits per heavy atom. The highest BCUT2D eigenvalue weighted by molar-refractivity contribution is 6.31. The summed E-state index contributed by atoms with van der Waals surface area (Å²) in [5.74, 6) is -0.0718. The number of carbonyl (C=O) groups is 1. The molecule has 0 aliphatic rings. The van der Waals surface area contributed by atoms with Gasteiger partial charge in [-0.05, 0) is 30.2 Å². The molecule has 3 aromatic rings. The van der Waals surface area contributed by atoms with Crippen molar-refractivity contribution in [3.63, 3.8) is 0 Å². The molecule has 1 heterocycles. The number of nitrogens with one attached hydrogen (secondary N) is 1. The summed E-state index contributed by atoms with van der Waals surface area (Å²) in [6.45, 7) is 0. The summed E-state index contributed by atoms with van der Waals surface area (Å²) < 4.78 is 1.61. The summed E-state index contributed by atoms with van der Waals surface area (Å²) in [5.41, 5.74) is 2.44. The number of benzene rings is 2. The van der Waals surface area contributed by atoms with Crippen LogP contribution in [0, 0.1) is 0 Å². The van der Waals surface area contributed by atoms with Gasteiger partial charge in [0.2, 0.25) is 5.91 Å². The van der Waals surface area contributed by atoms with Crippen LogP contribution in [0.2, 0.25) is 5.02 Å². The third-order valence-electron chi connectivity index (χ3n) is 3.42. The molecule has 0 aliphatic carbocycles. The van der Waals surface area contributed by atoms with Crippen LogP contribution in [0.1, 0.15) is 12.0 Å². The Labute approximate surface area is 138 Å². The van der Waals surface area contributed by atoms with E-state index in [0.29, 0.717) is 23.6 Å². The lowest BCUT2D eigenvalue weighted by atomic mass is 10.1. The molecule has 0 radical (unpaired) electrons. The van der Waals surface area contributed by atoms with Crippen LogP contribution in [0.3, 0.4) is 0 Å². The van der Waals surface area contributed by atoms with Gasteiger partial charge in [0.25, 0.3) is 0 Å². The minimum absolute atomic E-state index is 0.0718. The number of aromatic nitrogens is 3. The molecule has 5 nitrogen and oxygen atoms in total. The molecule has 0 spiro atoms. The van der Waals surface area contributed by atoms with Crippen LogP contribution in [0.25, 0.3) is 5.69 Å². The predicted molar refractivity (Wildman–Crippen MR) is 89.8 cm³/mol. The molecule has 6 heteroatoms. The van der Waals surface area contributed by atoms with E-state index in [4.69, 9.17) is 11.6 Å². The first-order chi connectivity index (χ1) is 11.2. The van der Waals surface area contributed by atoms with Crippen LogP contribution < -0.4 is 5.32 Å². The molecule has 23 heavy (non-hydrogen) atoms. The van der Waals surface area contributed by atoms with E-state index in [9.17, 15) is 4.79 Å². The van der Waals surface area contributed by atoms with Crippen molar-refractivity contribution < 1.29 is 4.79 Å². The maximum absolute atomic E-state index is 12.2. The first kappa shape index (κ1) is 15.2. The lowest BCUT2D eigenvalue weighted by Crippen LogP contribution is -2.14. The Balaban J connectivity index is 1.68. The van der Waals surface area contributed by atoms with Gasteiger partial charge in [-0.25, -0.2) is 9.67 Å². The summed E-state index contributed by atoms with van der Waals surface area (Å²) in [7, 11) is 0. The fourth-order valence-electron chi connectivity index (χ4n) is 2.27. The second-order valence-electron chi connectivity index (χ2n) is 5.00. The third-order valence-corrected chi connectivity index (χ3v) is 3.79. The smallest absolute Gasteiger partial charge is 0.224 e. The monoisotopic (exact) mass is 326 g/mol. The molecular formula is C17H15ClN4O. The molecule has 0 fully saturated rings. The van der Waals surface area contributed by atoms with E-state index in [1.54, 1.807) is 11.0 Å². The van der Waals surface area contributed by atoms with E-state index in [1.807, 2.05) is 48.5 Å². The Hall–Kier alpha value is -2.66. The molecule has 0 bridgehead atoms. The molecule has 1 N–H and O–H groups in total. The molecule has 0 atom stereocenters. The van der Waals surface area contributed by atoms with Gasteiger partial charge >= 0.3 is 0 Å². The quantitative estimate of drug-likeness (QED) is 0.780. The SMILES string of the molecule is O=C(CCc1ccccc1Cl)Nc1ccccc1-n1cncn1. The van der Waals surface area contributed by atoms with E-state index >= 15 is 0 Å². The number of anilines is 1. The molecule has 116 valence electrons. The van der Waals surface area contributed by atoms with Gasteiger partial charge in [-0.3, -0.25) is 4.79 Å². The van der Waals surface area contributed by atoms with E-state index in [2.05, 4.69) is 15.4 Å². The Bertz CT molecular complexity index is 802. The van der Waals surface area contributed by atoms with Crippen molar-refractivity contribution in [3.8, 4) is 5.69 Å². The number of hydrogen-bond donors (Lipinski definition) is 1. The summed E-state index contributed by atoms with van der Waals surface area (Å²) in [4.78, 5) is 16.1. The first-order valence-electron chi connectivity index (χ1n) is 7.21. The Kier molecular flexibility index (Phi) is 4.68. The standard InChI is InChI=1S/C17H15ClN4O/c18-14-6-2-1-5-13(14)9-10-17(23)21-15-7-3-4-8-16(15)22-12-19-11-20-22/h1-8,11-12H,9-10H2,(H,21,23). The number of hydrogen-bond acceptors (Lipinski definition) is 3. The van der Waals surface area contributed by atoms with Gasteiger partial charge in [-0.2, -0.15) is 5.10 Å². The van der Waals surface area contributed by atoms with Crippen LogP contribution in [-0.2, 0) is 11.2 Å². The zero-order chi connectivity index (χ0) is 16.1. The number of para-hydroxylation sites is 2. The highest BCUT2D eigenvalue weighted by Gasteiger charge is 2.09. The minimum Gasteiger partial charge on any atom is -0.324 e. The fourth-order valence-corrected chi connectivity index (χ4v) is 2.50. The number of nitrogens with zero attached hydrogens (tertiary/aromatic N) is 3. The predicted octanol–water partition coefficient (Wildman–Crippen LogP) is 3.49. The van der Waals surface area contributed by atoms with Crippen molar-refractivity contribution in [2.45, 2.75) is 12.8 Å². The van der Waals surface area contributed by atoms with E-state index in [-0.39, 0.29) is 5.91 Å². The molecule has 0 saturated carbocycles. The highest BCUT2D eigenvalue weighted by atomic mass is 35.5. The van der Waals surface area contributed by atoms with E-state index < -0.39 is 0 Å². The zero-order valence-electron chi connectivity index (χ0n) is 12.3. The van der Waals surface area contributed by atoms with Crippen LogP contribution in [0.5, 0.6) is 0 Å². The zero-order valence-corrected chi connectivity index (χ0v) is 13.1. The van der Waals surface area contributed by atoms with Crippen LogP contribution in [-0.4, -0.2) is 20.7 Å². The summed E-state index contributed by atoms with van der Waals surface area (Å²) in [6.07, 6.45) is 4.00. The summed E-state index contributed by atoms with van der Waals surface area (Å²) in [6, 6.07) is 15.0. The van der Waals surface area contributed by atoms with Crippen molar-refractivity contribution in [3.05, 3.63) is 71.8 Å². The Morgan fingerprint density at radius 2 is 1.91 bits per heavy atom. The average molecular weight is 327 g/mol. The minimum atomic E-state index is -0.0718.